The average molecular weight is 1800 g/mol. The fourth-order valence-corrected chi connectivity index (χ4v) is 12.7. The molecule has 126 heavy (non-hydrogen) atoms. The van der Waals surface area contributed by atoms with Gasteiger partial charge in [-0.3, -0.25) is 42.0 Å². The van der Waals surface area contributed by atoms with Crippen LogP contribution < -0.4 is 45.7 Å². The summed E-state index contributed by atoms with van der Waals surface area (Å²) in [4.78, 5) is 93.9. The number of nitrogen functional groups attached to an aromatic ring is 4. The van der Waals surface area contributed by atoms with Crippen LogP contribution in [0.5, 0.6) is 0 Å². The molecule has 9 aromatic heterocycles. The molecule has 0 amide bonds. The fraction of sp³-hybridized carbons (Fsp3) is 0.469. The van der Waals surface area contributed by atoms with Gasteiger partial charge < -0.3 is 108 Å². The van der Waals surface area contributed by atoms with Gasteiger partial charge in [0.15, 0.2) is 161 Å². The number of hydrogen-bond acceptors (Lipinski definition) is 39. The highest BCUT2D eigenvalue weighted by molar-refractivity contribution is 5.72. The quantitative estimate of drug-likeness (QED) is 0.00919. The second kappa shape index (κ2) is 37.2. The zero-order valence-electron chi connectivity index (χ0n) is 62.6. The van der Waals surface area contributed by atoms with Gasteiger partial charge in [-0.15, -0.1) is 19.3 Å². The lowest BCUT2D eigenvalue weighted by atomic mass is 9.98. The number of nitrogens with zero attached hydrogens (tertiary/aromatic N) is 24. The van der Waals surface area contributed by atoms with Crippen LogP contribution in [0.15, 0.2) is 79.4 Å². The summed E-state index contributed by atoms with van der Waals surface area (Å²) in [5.74, 6) is -0.739. The number of azide groups is 2. The molecular formula is C64H62F11N29O22. The smallest absolute Gasteiger partial charge is 0.390 e. The number of ether oxygens (including phenoxy) is 6. The molecule has 6 fully saturated rings. The lowest BCUT2D eigenvalue weighted by Crippen LogP contribution is -2.44. The van der Waals surface area contributed by atoms with E-state index >= 15 is 0 Å². The van der Waals surface area contributed by atoms with E-state index < -0.39 is 249 Å². The number of alkyl halides is 6. The van der Waals surface area contributed by atoms with Crippen LogP contribution >= 0.6 is 0 Å². The Kier molecular flexibility index (Phi) is 28.0. The molecule has 15 rings (SSSR count). The number of fused-ring (bicyclic) bond motifs is 3. The number of hydrogen-bond donors (Lipinski definition) is 17. The Morgan fingerprint density at radius 2 is 0.849 bits per heavy atom. The van der Waals surface area contributed by atoms with E-state index in [-0.39, 0.29) is 45.3 Å². The van der Waals surface area contributed by atoms with E-state index in [1.165, 1.54) is 6.07 Å². The number of nitrogens with one attached hydrogen (secondary N) is 1. The summed E-state index contributed by atoms with van der Waals surface area (Å²) >= 11 is 0. The SMILES string of the molecule is C#CC1(CO)OC(n2cnc3c(F)[nH]c(=O)nc32)C(F)C1O.C#CC1(CO)OC(n2cnc3c(F)nc(N)nc32)C(F)C1O.C#CC1(CO)OC(n2cnc3c(F)ncnc32)C(F)C1O.[C-]#[N+]C1(CO)OC(n2cc(F)c(N)nc2=O)C(F)C1O.[N-]=[N+]=NC1(CO)OC(n2cc(F)c(N)nc2=O)C(F)C1O.[N-]=[N+]=NC1(CO)OC(n2ccc(N)nc2=O)C(F)C1O. The van der Waals surface area contributed by atoms with Gasteiger partial charge in [-0.1, -0.05) is 28.0 Å². The molecule has 51 nitrogen and oxygen atoms in total. The highest BCUT2D eigenvalue weighted by Crippen LogP contribution is 2.46. The summed E-state index contributed by atoms with van der Waals surface area (Å²) in [6.07, 6.45) is -11.5. The standard InChI is InChI=1S/C12H11F2N5O3.C12H10F2N4O4.C12H10F2N4O3.C10H10F2N4O4.C9H10F2N6O4.C9H11FN6O4/c1-2-12(3-20)7(21)5(13)10(22-12)19-4-16-6-8(14)17-11(15)18-9(6)19;1-2-12(3-19)7(20)5(13)10(22-12)18-4-15-6-8(14)16-11(21)17-9(6)18;1-2-12(3-19)8(20)6(13)11(21-12)18-5-17-7-9(14)15-4-16-10(7)18;1-14-10(3-17)6(18)5(12)8(20-10)16-2-4(11)7(13)15-9(16)19;10-3-1-17(8(20)14-6(3)12)7-4(11)5(19)9(2-18,21-7)15-16-13;10-5-6(18)9(3-17,14-15-12)20-7(5)16-2-1-4(11)13-8(16)19/h1,4-5,7,10,20-21H,3H2,(H2,15,17,18);1,4-5,7,10,19-20H,3H2,(H,16,17,21);1,4-6,8,11,19-20H,3H2;2,5-6,8,17-18H,3H2,(H2,13,15,19);1,4-5,7,18-19H,2H2,(H2,12,14,20);1-2,5-7,17-18H,3H2,(H2,11,13,19). The second-order valence-corrected chi connectivity index (χ2v) is 26.7. The van der Waals surface area contributed by atoms with Crippen molar-refractivity contribution in [2.45, 2.75) is 145 Å². The maximum atomic E-state index is 14.3. The van der Waals surface area contributed by atoms with E-state index in [0.717, 1.165) is 49.8 Å². The minimum atomic E-state index is -2.32. The Balaban J connectivity index is 0.000000158. The predicted molar refractivity (Wildman–Crippen MR) is 388 cm³/mol. The fourth-order valence-electron chi connectivity index (χ4n) is 12.7. The first-order valence-corrected chi connectivity index (χ1v) is 34.7. The molecule has 0 aromatic carbocycles. The van der Waals surface area contributed by atoms with Gasteiger partial charge in [-0.2, -0.15) is 43.1 Å². The molecule has 15 heterocycles. The van der Waals surface area contributed by atoms with Crippen LogP contribution in [0, 0.1) is 73.1 Å². The molecule has 24 unspecified atom stereocenters. The topological polar surface area (TPSA) is 760 Å². The van der Waals surface area contributed by atoms with Crippen LogP contribution in [0.2, 0.25) is 0 Å². The van der Waals surface area contributed by atoms with Crippen LogP contribution in [-0.4, -0.2) is 296 Å². The number of aromatic nitrogens is 18. The summed E-state index contributed by atoms with van der Waals surface area (Å²) in [7, 11) is 0. The average Bonchev–Trinajstić information content (AvgIpc) is 1.61. The summed E-state index contributed by atoms with van der Waals surface area (Å²) in [6.45, 7) is 1.50. The third-order valence-electron chi connectivity index (χ3n) is 19.4. The van der Waals surface area contributed by atoms with Crippen molar-refractivity contribution < 1.29 is 138 Å². The van der Waals surface area contributed by atoms with Gasteiger partial charge in [-0.05, 0) is 17.1 Å². The van der Waals surface area contributed by atoms with Gasteiger partial charge in [0.05, 0.1) is 64.4 Å². The van der Waals surface area contributed by atoms with E-state index in [1.807, 2.05) is 16.8 Å². The zero-order chi connectivity index (χ0) is 93.1. The van der Waals surface area contributed by atoms with E-state index in [9.17, 15) is 119 Å². The highest BCUT2D eigenvalue weighted by Gasteiger charge is 2.64. The van der Waals surface area contributed by atoms with Crippen molar-refractivity contribution in [3.05, 3.63) is 154 Å². The predicted octanol–water partition coefficient (Wildman–Crippen LogP) is -5.41. The van der Waals surface area contributed by atoms with Crippen LogP contribution in [0.4, 0.5) is 71.7 Å². The number of aromatic amines is 1. The molecule has 0 bridgehead atoms. The Labute approximate surface area is 688 Å². The molecule has 6 aliphatic heterocycles. The maximum Gasteiger partial charge on any atom is 0.390 e. The van der Waals surface area contributed by atoms with Gasteiger partial charge >= 0.3 is 28.5 Å². The molecule has 9 aromatic rings. The zero-order valence-corrected chi connectivity index (χ0v) is 62.6. The number of nitrogens with two attached hydrogens (primary N) is 4. The number of aliphatic hydroxyl groups is 12. The number of rotatable bonds is 14. The van der Waals surface area contributed by atoms with Crippen LogP contribution in [0.1, 0.15) is 37.4 Å². The van der Waals surface area contributed by atoms with Crippen molar-refractivity contribution in [2.24, 2.45) is 10.2 Å². The third-order valence-corrected chi connectivity index (χ3v) is 19.4. The molecule has 0 spiro atoms. The van der Waals surface area contributed by atoms with Crippen LogP contribution in [-0.2, 0) is 28.4 Å². The van der Waals surface area contributed by atoms with Crippen LogP contribution in [0.3, 0.4) is 0 Å². The second-order valence-electron chi connectivity index (χ2n) is 26.7. The normalized spacial score (nSPS) is 32.2. The first kappa shape index (κ1) is 94.8. The van der Waals surface area contributed by atoms with Crippen molar-refractivity contribution in [2.75, 3.05) is 62.6 Å². The molecule has 0 saturated carbocycles. The summed E-state index contributed by atoms with van der Waals surface area (Å²) in [5, 5.41) is 120. The van der Waals surface area contributed by atoms with Gasteiger partial charge in [0.2, 0.25) is 35.2 Å². The molecule has 0 aliphatic carbocycles. The van der Waals surface area contributed by atoms with Crippen molar-refractivity contribution in [3.8, 4) is 37.0 Å². The lowest BCUT2D eigenvalue weighted by molar-refractivity contribution is -0.124. The first-order valence-electron chi connectivity index (χ1n) is 34.7. The van der Waals surface area contributed by atoms with Gasteiger partial charge in [0.25, 0.3) is 0 Å². The number of anilines is 4. The lowest BCUT2D eigenvalue weighted by Gasteiger charge is -2.23. The van der Waals surface area contributed by atoms with E-state index in [0.29, 0.717) is 21.5 Å². The molecule has 21 N–H and O–H groups in total. The van der Waals surface area contributed by atoms with E-state index in [1.54, 1.807) is 0 Å². The minimum Gasteiger partial charge on any atom is -0.393 e. The molecule has 672 valence electrons. The number of aliphatic hydroxyl groups excluding tert-OH is 12. The van der Waals surface area contributed by atoms with Gasteiger partial charge in [0.1, 0.15) is 42.7 Å². The summed E-state index contributed by atoms with van der Waals surface area (Å²) < 4.78 is 188. The first-order chi connectivity index (χ1) is 59.6. The van der Waals surface area contributed by atoms with Crippen molar-refractivity contribution >= 4 is 56.9 Å². The Morgan fingerprint density at radius 3 is 1.24 bits per heavy atom. The molecule has 6 aliphatic rings. The monoisotopic (exact) mass is 1800 g/mol. The number of terminal acetylenes is 3. The Hall–Kier alpha value is -13.4. The minimum absolute atomic E-state index is 0.00638. The molecule has 0 radical (unpaired) electrons. The highest BCUT2D eigenvalue weighted by atomic mass is 19.2. The molecule has 62 heteroatoms. The molecule has 6 saturated heterocycles. The van der Waals surface area contributed by atoms with Gasteiger partial charge in [0, 0.05) is 16.0 Å². The summed E-state index contributed by atoms with van der Waals surface area (Å²) in [5.41, 5.74) is 19.9. The third kappa shape index (κ3) is 16.9. The molecule has 24 atom stereocenters. The number of H-pyrrole nitrogens is 1. The number of halogens is 11. The van der Waals surface area contributed by atoms with Crippen molar-refractivity contribution in [1.82, 2.24) is 87.2 Å². The number of imidazole rings is 3. The van der Waals surface area contributed by atoms with Gasteiger partial charge in [-0.25, -0.2) is 85.8 Å². The maximum absolute atomic E-state index is 14.3. The van der Waals surface area contributed by atoms with Crippen LogP contribution in [0.25, 0.3) is 59.2 Å². The van der Waals surface area contributed by atoms with Crippen molar-refractivity contribution in [1.29, 1.82) is 0 Å². The summed E-state index contributed by atoms with van der Waals surface area (Å²) in [6, 6.07) is 1.23. The Bertz CT molecular complexity index is 6110. The Morgan fingerprint density at radius 1 is 0.468 bits per heavy atom. The van der Waals surface area contributed by atoms with E-state index in [4.69, 9.17) is 98.5 Å². The van der Waals surface area contributed by atoms with Crippen molar-refractivity contribution in [3.63, 3.8) is 0 Å². The molecular weight excluding hydrogens is 1740 g/mol. The largest absolute Gasteiger partial charge is 0.393 e. The van der Waals surface area contributed by atoms with E-state index in [2.05, 4.69) is 85.6 Å².